The molecule has 0 aromatic rings. The smallest absolute Gasteiger partial charge is 0.389 e. The first kappa shape index (κ1) is 10.8. The summed E-state index contributed by atoms with van der Waals surface area (Å²) in [5.41, 5.74) is 0. The summed E-state index contributed by atoms with van der Waals surface area (Å²) in [6.07, 6.45) is -2.03. The molecule has 1 N–H and O–H groups in total. The number of aliphatic hydroxyl groups is 1. The van der Waals surface area contributed by atoms with Gasteiger partial charge in [-0.2, -0.15) is 13.2 Å². The van der Waals surface area contributed by atoms with Gasteiger partial charge in [-0.25, -0.2) is 0 Å². The second kappa shape index (κ2) is 4.31. The molecule has 0 bridgehead atoms. The first-order chi connectivity index (χ1) is 5.99. The molecule has 4 heteroatoms. The Morgan fingerprint density at radius 2 is 1.69 bits per heavy atom. The van der Waals surface area contributed by atoms with Crippen molar-refractivity contribution in [3.8, 4) is 0 Å². The lowest BCUT2D eigenvalue weighted by Crippen LogP contribution is -2.25. The molecule has 78 valence electrons. The second-order valence-corrected chi connectivity index (χ2v) is 3.78. The van der Waals surface area contributed by atoms with Gasteiger partial charge in [0.1, 0.15) is 0 Å². The van der Waals surface area contributed by atoms with Crippen LogP contribution in [0.25, 0.3) is 0 Å². The van der Waals surface area contributed by atoms with Gasteiger partial charge in [0.15, 0.2) is 0 Å². The normalized spacial score (nSPS) is 31.4. The van der Waals surface area contributed by atoms with Crippen molar-refractivity contribution in [3.63, 3.8) is 0 Å². The van der Waals surface area contributed by atoms with E-state index in [-0.39, 0.29) is 0 Å². The van der Waals surface area contributed by atoms with E-state index in [0.717, 1.165) is 19.3 Å². The Labute approximate surface area is 75.9 Å². The molecule has 1 fully saturated rings. The lowest BCUT2D eigenvalue weighted by molar-refractivity contribution is -0.153. The van der Waals surface area contributed by atoms with Crippen molar-refractivity contribution in [3.05, 3.63) is 0 Å². The van der Waals surface area contributed by atoms with E-state index in [4.69, 9.17) is 0 Å². The highest BCUT2D eigenvalue weighted by molar-refractivity contribution is 4.75. The Hall–Kier alpha value is -0.250. The number of rotatable bonds is 1. The summed E-state index contributed by atoms with van der Waals surface area (Å²) in [6.45, 7) is 0. The SMILES string of the molecule is OC1CCCCCC1CC(F)(F)F. The maximum Gasteiger partial charge on any atom is 0.389 e. The zero-order valence-electron chi connectivity index (χ0n) is 7.48. The molecule has 0 aromatic carbocycles. The van der Waals surface area contributed by atoms with Crippen LogP contribution in [0.5, 0.6) is 0 Å². The van der Waals surface area contributed by atoms with Crippen molar-refractivity contribution in [2.24, 2.45) is 5.92 Å². The first-order valence-corrected chi connectivity index (χ1v) is 4.74. The van der Waals surface area contributed by atoms with Crippen LogP contribution in [0.4, 0.5) is 13.2 Å². The molecule has 0 spiro atoms. The van der Waals surface area contributed by atoms with Crippen LogP contribution in [0.15, 0.2) is 0 Å². The highest BCUT2D eigenvalue weighted by Gasteiger charge is 2.35. The highest BCUT2D eigenvalue weighted by atomic mass is 19.4. The third-order valence-corrected chi connectivity index (χ3v) is 2.61. The van der Waals surface area contributed by atoms with Crippen molar-refractivity contribution in [1.82, 2.24) is 0 Å². The molecule has 0 saturated heterocycles. The van der Waals surface area contributed by atoms with Gasteiger partial charge in [0, 0.05) is 6.42 Å². The van der Waals surface area contributed by atoms with Gasteiger partial charge in [-0.15, -0.1) is 0 Å². The number of alkyl halides is 3. The van der Waals surface area contributed by atoms with E-state index in [2.05, 4.69) is 0 Å². The number of aliphatic hydroxyl groups excluding tert-OH is 1. The molecule has 2 atom stereocenters. The van der Waals surface area contributed by atoms with Crippen molar-refractivity contribution in [2.45, 2.75) is 50.8 Å². The van der Waals surface area contributed by atoms with Gasteiger partial charge in [0.2, 0.25) is 0 Å². The topological polar surface area (TPSA) is 20.2 Å². The van der Waals surface area contributed by atoms with Gasteiger partial charge < -0.3 is 5.11 Å². The van der Waals surface area contributed by atoms with Crippen LogP contribution in [0, 0.1) is 5.92 Å². The summed E-state index contributed by atoms with van der Waals surface area (Å²) >= 11 is 0. The molecule has 0 aromatic heterocycles. The molecule has 0 amide bonds. The van der Waals surface area contributed by atoms with Gasteiger partial charge >= 0.3 is 6.18 Å². The molecule has 1 aliphatic rings. The van der Waals surface area contributed by atoms with E-state index in [0.29, 0.717) is 12.8 Å². The van der Waals surface area contributed by atoms with Gasteiger partial charge in [-0.1, -0.05) is 19.3 Å². The maximum atomic E-state index is 12.0. The molecule has 1 nitrogen and oxygen atoms in total. The van der Waals surface area contributed by atoms with Gasteiger partial charge in [0.05, 0.1) is 6.10 Å². The van der Waals surface area contributed by atoms with E-state index in [1.165, 1.54) is 0 Å². The largest absolute Gasteiger partial charge is 0.393 e. The van der Waals surface area contributed by atoms with Crippen LogP contribution in [-0.4, -0.2) is 17.4 Å². The lowest BCUT2D eigenvalue weighted by atomic mass is 9.94. The Kier molecular flexibility index (Phi) is 3.59. The minimum atomic E-state index is -4.13. The highest BCUT2D eigenvalue weighted by Crippen LogP contribution is 2.33. The van der Waals surface area contributed by atoms with Gasteiger partial charge in [0.25, 0.3) is 0 Å². The third-order valence-electron chi connectivity index (χ3n) is 2.61. The van der Waals surface area contributed by atoms with Crippen molar-refractivity contribution >= 4 is 0 Å². The zero-order chi connectivity index (χ0) is 9.90. The fourth-order valence-electron chi connectivity index (χ4n) is 1.90. The molecular weight excluding hydrogens is 181 g/mol. The van der Waals surface area contributed by atoms with Crippen LogP contribution in [0.1, 0.15) is 38.5 Å². The Balaban J connectivity index is 2.45. The molecule has 0 heterocycles. The van der Waals surface area contributed by atoms with Gasteiger partial charge in [-0.3, -0.25) is 0 Å². The quantitative estimate of drug-likeness (QED) is 0.639. The minimum absolute atomic E-state index is 0.515. The number of hydrogen-bond acceptors (Lipinski definition) is 1. The Bertz CT molecular complexity index is 155. The van der Waals surface area contributed by atoms with Crippen molar-refractivity contribution < 1.29 is 18.3 Å². The van der Waals surface area contributed by atoms with Crippen LogP contribution < -0.4 is 0 Å². The summed E-state index contributed by atoms with van der Waals surface area (Å²) in [4.78, 5) is 0. The molecule has 2 unspecified atom stereocenters. The van der Waals surface area contributed by atoms with Crippen LogP contribution in [0.2, 0.25) is 0 Å². The predicted molar refractivity (Wildman–Crippen MR) is 43.3 cm³/mol. The molecule has 13 heavy (non-hydrogen) atoms. The fraction of sp³-hybridized carbons (Fsp3) is 1.00. The molecule has 0 radical (unpaired) electrons. The maximum absolute atomic E-state index is 12.0. The summed E-state index contributed by atoms with van der Waals surface area (Å²) in [5.74, 6) is -0.567. The first-order valence-electron chi connectivity index (χ1n) is 4.74. The molecular formula is C9H15F3O. The summed E-state index contributed by atoms with van der Waals surface area (Å²) in [7, 11) is 0. The molecule has 0 aliphatic heterocycles. The van der Waals surface area contributed by atoms with E-state index in [9.17, 15) is 18.3 Å². The van der Waals surface area contributed by atoms with Crippen LogP contribution in [-0.2, 0) is 0 Å². The van der Waals surface area contributed by atoms with Crippen molar-refractivity contribution in [1.29, 1.82) is 0 Å². The molecule has 1 rings (SSSR count). The minimum Gasteiger partial charge on any atom is -0.393 e. The predicted octanol–water partition coefficient (Wildman–Crippen LogP) is 2.88. The Morgan fingerprint density at radius 3 is 2.31 bits per heavy atom. The van der Waals surface area contributed by atoms with E-state index in [1.54, 1.807) is 0 Å². The van der Waals surface area contributed by atoms with Crippen molar-refractivity contribution in [2.75, 3.05) is 0 Å². The summed E-state index contributed by atoms with van der Waals surface area (Å²) < 4.78 is 36.1. The van der Waals surface area contributed by atoms with Crippen LogP contribution in [0.3, 0.4) is 0 Å². The number of hydrogen-bond donors (Lipinski definition) is 1. The van der Waals surface area contributed by atoms with Gasteiger partial charge in [-0.05, 0) is 18.8 Å². The standard InChI is InChI=1S/C9H15F3O/c10-9(11,12)6-7-4-2-1-3-5-8(7)13/h7-8,13H,1-6H2. The third kappa shape index (κ3) is 3.98. The van der Waals surface area contributed by atoms with E-state index >= 15 is 0 Å². The van der Waals surface area contributed by atoms with E-state index < -0.39 is 24.6 Å². The summed E-state index contributed by atoms with van der Waals surface area (Å²) in [6, 6.07) is 0. The van der Waals surface area contributed by atoms with Crippen LogP contribution >= 0.6 is 0 Å². The average molecular weight is 196 g/mol. The summed E-state index contributed by atoms with van der Waals surface area (Å²) in [5, 5.41) is 9.41. The monoisotopic (exact) mass is 196 g/mol. The fourth-order valence-corrected chi connectivity index (χ4v) is 1.90. The molecule has 1 saturated carbocycles. The van der Waals surface area contributed by atoms with E-state index in [1.807, 2.05) is 0 Å². The zero-order valence-corrected chi connectivity index (χ0v) is 7.48. The Morgan fingerprint density at radius 1 is 1.08 bits per heavy atom. The second-order valence-electron chi connectivity index (χ2n) is 3.78. The molecule has 1 aliphatic carbocycles. The average Bonchev–Trinajstić information content (AvgIpc) is 2.14. The number of halogens is 3. The lowest BCUT2D eigenvalue weighted by Gasteiger charge is -2.21.